The number of amides is 1. The van der Waals surface area contributed by atoms with E-state index in [9.17, 15) is 9.18 Å². The number of aromatic nitrogens is 3. The van der Waals surface area contributed by atoms with Gasteiger partial charge < -0.3 is 10.2 Å². The van der Waals surface area contributed by atoms with E-state index in [4.69, 9.17) is 0 Å². The van der Waals surface area contributed by atoms with Gasteiger partial charge in [-0.2, -0.15) is 0 Å². The first kappa shape index (κ1) is 22.3. The molecular formula is C24H28FN5OS. The van der Waals surface area contributed by atoms with Crippen molar-refractivity contribution < 1.29 is 9.18 Å². The van der Waals surface area contributed by atoms with Crippen molar-refractivity contribution in [3.8, 4) is 10.4 Å². The van der Waals surface area contributed by atoms with Gasteiger partial charge in [-0.1, -0.05) is 26.0 Å². The Morgan fingerprint density at radius 3 is 2.66 bits per heavy atom. The minimum absolute atomic E-state index is 0.00813. The van der Waals surface area contributed by atoms with Crippen molar-refractivity contribution in [2.24, 2.45) is 5.92 Å². The van der Waals surface area contributed by atoms with E-state index in [1.165, 1.54) is 23.5 Å². The number of anilines is 1. The maximum atomic E-state index is 13.7. The quantitative estimate of drug-likeness (QED) is 0.571. The number of aryl methyl sites for hydroxylation is 2. The first-order chi connectivity index (χ1) is 15.5. The van der Waals surface area contributed by atoms with Crippen molar-refractivity contribution >= 4 is 23.2 Å². The number of hydrogen-bond acceptors (Lipinski definition) is 6. The van der Waals surface area contributed by atoms with Gasteiger partial charge in [-0.15, -0.1) is 11.3 Å². The minimum Gasteiger partial charge on any atom is -0.352 e. The molecule has 2 atom stereocenters. The van der Waals surface area contributed by atoms with E-state index < -0.39 is 0 Å². The molecule has 3 heterocycles. The van der Waals surface area contributed by atoms with Gasteiger partial charge in [0.2, 0.25) is 5.95 Å². The molecule has 32 heavy (non-hydrogen) atoms. The Kier molecular flexibility index (Phi) is 6.79. The van der Waals surface area contributed by atoms with E-state index in [1.54, 1.807) is 12.1 Å². The van der Waals surface area contributed by atoms with Crippen LogP contribution in [0.25, 0.3) is 10.4 Å². The van der Waals surface area contributed by atoms with Crippen molar-refractivity contribution in [3.63, 3.8) is 0 Å². The van der Waals surface area contributed by atoms with Gasteiger partial charge in [0.25, 0.3) is 5.91 Å². The number of nitrogens with zero attached hydrogens (tertiary/aromatic N) is 4. The molecule has 3 aromatic rings. The zero-order valence-electron chi connectivity index (χ0n) is 18.6. The Labute approximate surface area is 191 Å². The molecule has 8 heteroatoms. The molecule has 1 aliphatic rings. The van der Waals surface area contributed by atoms with Crippen molar-refractivity contribution in [3.05, 3.63) is 58.7 Å². The summed E-state index contributed by atoms with van der Waals surface area (Å²) in [5, 5.41) is 4.13. The maximum Gasteiger partial charge on any atom is 0.274 e. The number of carbonyl (C=O) groups is 1. The number of nitrogens with one attached hydrogen (secondary N) is 1. The number of halogens is 1. The predicted molar refractivity (Wildman–Crippen MR) is 125 cm³/mol. The molecule has 1 saturated heterocycles. The molecule has 0 saturated carbocycles. The molecule has 0 unspecified atom stereocenters. The molecule has 0 spiro atoms. The largest absolute Gasteiger partial charge is 0.352 e. The third-order valence-electron chi connectivity index (χ3n) is 6.00. The van der Waals surface area contributed by atoms with Crippen LogP contribution in [0.3, 0.4) is 0 Å². The van der Waals surface area contributed by atoms with Crippen LogP contribution >= 0.6 is 11.3 Å². The topological polar surface area (TPSA) is 71.0 Å². The molecule has 1 amide bonds. The smallest absolute Gasteiger partial charge is 0.274 e. The zero-order valence-corrected chi connectivity index (χ0v) is 19.5. The van der Waals surface area contributed by atoms with E-state index in [-0.39, 0.29) is 17.8 Å². The molecule has 1 aliphatic heterocycles. The molecular weight excluding hydrogens is 425 g/mol. The van der Waals surface area contributed by atoms with Crippen LogP contribution < -0.4 is 5.32 Å². The second-order valence-corrected chi connectivity index (χ2v) is 9.46. The van der Waals surface area contributed by atoms with Gasteiger partial charge in [-0.3, -0.25) is 4.79 Å². The van der Waals surface area contributed by atoms with E-state index >= 15 is 0 Å². The van der Waals surface area contributed by atoms with Crippen molar-refractivity contribution in [2.75, 3.05) is 18.4 Å². The molecule has 6 nitrogen and oxygen atoms in total. The normalized spacial score (nSPS) is 18.6. The summed E-state index contributed by atoms with van der Waals surface area (Å²) >= 11 is 1.46. The van der Waals surface area contributed by atoms with Gasteiger partial charge in [0.15, 0.2) is 0 Å². The number of likely N-dealkylation sites (tertiary alicyclic amines) is 1. The minimum atomic E-state index is -0.298. The highest BCUT2D eigenvalue weighted by Gasteiger charge is 2.34. The summed E-state index contributed by atoms with van der Waals surface area (Å²) in [5.41, 5.74) is 2.34. The van der Waals surface area contributed by atoms with E-state index in [0.717, 1.165) is 40.3 Å². The Balaban J connectivity index is 1.56. The van der Waals surface area contributed by atoms with Crippen molar-refractivity contribution in [2.45, 2.75) is 46.1 Å². The summed E-state index contributed by atoms with van der Waals surface area (Å²) in [4.78, 5) is 29.7. The lowest BCUT2D eigenvalue weighted by Gasteiger charge is -2.40. The highest BCUT2D eigenvalue weighted by Crippen LogP contribution is 2.33. The molecule has 0 aliphatic carbocycles. The maximum absolute atomic E-state index is 13.7. The van der Waals surface area contributed by atoms with E-state index in [1.807, 2.05) is 24.2 Å². The summed E-state index contributed by atoms with van der Waals surface area (Å²) in [6.45, 7) is 7.40. The predicted octanol–water partition coefficient (Wildman–Crippen LogP) is 4.96. The van der Waals surface area contributed by atoms with Crippen molar-refractivity contribution in [1.82, 2.24) is 19.9 Å². The summed E-state index contributed by atoms with van der Waals surface area (Å²) in [5.74, 6) is 0.537. The zero-order chi connectivity index (χ0) is 22.7. The Morgan fingerprint density at radius 2 is 1.97 bits per heavy atom. The fourth-order valence-electron chi connectivity index (χ4n) is 4.14. The first-order valence-electron chi connectivity index (χ1n) is 11.1. The van der Waals surface area contributed by atoms with Crippen LogP contribution in [0.5, 0.6) is 0 Å². The van der Waals surface area contributed by atoms with Gasteiger partial charge in [0.1, 0.15) is 11.5 Å². The van der Waals surface area contributed by atoms with Gasteiger partial charge in [0, 0.05) is 25.5 Å². The van der Waals surface area contributed by atoms with Gasteiger partial charge in [-0.05, 0) is 55.4 Å². The van der Waals surface area contributed by atoms with Gasteiger partial charge >= 0.3 is 0 Å². The van der Waals surface area contributed by atoms with Crippen LogP contribution in [-0.4, -0.2) is 44.9 Å². The molecule has 4 rings (SSSR count). The third kappa shape index (κ3) is 4.80. The average molecular weight is 454 g/mol. The second kappa shape index (κ2) is 9.73. The summed E-state index contributed by atoms with van der Waals surface area (Å²) in [7, 11) is 0. The van der Waals surface area contributed by atoms with Crippen LogP contribution in [-0.2, 0) is 6.42 Å². The third-order valence-corrected chi connectivity index (χ3v) is 7.02. The fraction of sp³-hybridized carbons (Fsp3) is 0.417. The Morgan fingerprint density at radius 1 is 1.25 bits per heavy atom. The lowest BCUT2D eigenvalue weighted by Crippen LogP contribution is -2.51. The number of rotatable bonds is 6. The van der Waals surface area contributed by atoms with Gasteiger partial charge in [-0.25, -0.2) is 19.3 Å². The van der Waals surface area contributed by atoms with Crippen LogP contribution in [0.4, 0.5) is 10.3 Å². The number of benzene rings is 1. The first-order valence-corrected chi connectivity index (χ1v) is 11.9. The number of thiazole rings is 1. The standard InChI is InChI=1S/C24H28FN5OS/c1-4-17-12-26-24(27-13-17)28-14-20-15(2)6-5-11-30(20)23(31)21-22(32-16(3)29-21)18-7-9-19(25)10-8-18/h7-10,12-13,15,20H,4-6,11,14H2,1-3H3,(H,26,27,28)/t15-,20-/m1/s1. The molecule has 1 aromatic carbocycles. The average Bonchev–Trinajstić information content (AvgIpc) is 3.20. The summed E-state index contributed by atoms with van der Waals surface area (Å²) < 4.78 is 13.4. The lowest BCUT2D eigenvalue weighted by atomic mass is 9.90. The van der Waals surface area contributed by atoms with Crippen LogP contribution in [0, 0.1) is 18.7 Å². The van der Waals surface area contributed by atoms with E-state index in [2.05, 4.69) is 34.1 Å². The van der Waals surface area contributed by atoms with Crippen molar-refractivity contribution in [1.29, 1.82) is 0 Å². The van der Waals surface area contributed by atoms with Crippen LogP contribution in [0.1, 0.15) is 47.7 Å². The van der Waals surface area contributed by atoms with E-state index in [0.29, 0.717) is 30.6 Å². The molecule has 1 fully saturated rings. The number of carbonyl (C=O) groups excluding carboxylic acids is 1. The monoisotopic (exact) mass is 453 g/mol. The highest BCUT2D eigenvalue weighted by atomic mass is 32.1. The Hall–Kier alpha value is -2.87. The number of hydrogen-bond donors (Lipinski definition) is 1. The molecule has 2 aromatic heterocycles. The van der Waals surface area contributed by atoms with Gasteiger partial charge in [0.05, 0.1) is 15.9 Å². The van der Waals surface area contributed by atoms with Crippen LogP contribution in [0.2, 0.25) is 0 Å². The fourth-order valence-corrected chi connectivity index (χ4v) is 5.06. The summed E-state index contributed by atoms with van der Waals surface area (Å²) in [6.07, 6.45) is 6.57. The number of piperidine rings is 1. The highest BCUT2D eigenvalue weighted by molar-refractivity contribution is 7.15. The Bertz CT molecular complexity index is 1070. The molecule has 0 bridgehead atoms. The molecule has 0 radical (unpaired) electrons. The summed E-state index contributed by atoms with van der Waals surface area (Å²) in [6, 6.07) is 6.24. The van der Waals surface area contributed by atoms with Crippen LogP contribution in [0.15, 0.2) is 36.7 Å². The lowest BCUT2D eigenvalue weighted by molar-refractivity contribution is 0.0535. The SMILES string of the molecule is CCc1cnc(NC[C@@H]2[C@H](C)CCCN2C(=O)c2nc(C)sc2-c2ccc(F)cc2)nc1. The molecule has 168 valence electrons. The molecule has 1 N–H and O–H groups in total. The second-order valence-electron chi connectivity index (χ2n) is 8.25.